The van der Waals surface area contributed by atoms with Crippen LogP contribution in [0.1, 0.15) is 60.2 Å². The predicted molar refractivity (Wildman–Crippen MR) is 223 cm³/mol. The normalized spacial score (nSPS) is 16.0. The second-order valence-corrected chi connectivity index (χ2v) is 14.4. The first kappa shape index (κ1) is 34.7. The van der Waals surface area contributed by atoms with Crippen LogP contribution >= 0.6 is 0 Å². The summed E-state index contributed by atoms with van der Waals surface area (Å²) < 4.78 is 12.7. The maximum atomic E-state index is 15.2. The highest BCUT2D eigenvalue weighted by Gasteiger charge is 2.62. The van der Waals surface area contributed by atoms with E-state index in [9.17, 15) is 4.79 Å². The van der Waals surface area contributed by atoms with Gasteiger partial charge in [0.2, 0.25) is 5.78 Å². The molecule has 274 valence electrons. The van der Waals surface area contributed by atoms with Crippen molar-refractivity contribution in [3.05, 3.63) is 160 Å². The van der Waals surface area contributed by atoms with E-state index in [1.807, 2.05) is 106 Å². The van der Waals surface area contributed by atoms with Gasteiger partial charge in [-0.05, 0) is 92.1 Å². The molecule has 56 heavy (non-hydrogen) atoms. The third-order valence-corrected chi connectivity index (χ3v) is 10.2. The average molecular weight is 735 g/mol. The number of benzene rings is 3. The number of H-pyrrole nitrogens is 2. The molecule has 8 nitrogen and oxygen atoms in total. The van der Waals surface area contributed by atoms with E-state index >= 15 is 4.79 Å². The Morgan fingerprint density at radius 1 is 0.643 bits per heavy atom. The number of aromatic amines is 2. The first-order valence-electron chi connectivity index (χ1n) is 18.7. The standard InChI is InChI=1S/C48H38N4O4/c1-28(2)55-47-45(46(54)48(47,56-30(4)53)35-18-12-11-13-29(35)3)44-40-25-23-38(51-40)42(31-14-7-5-8-15-31)36-21-19-33(49-36)27-34-20-22-37(50-34)43(32-16-9-6-10-17-32)39-24-26-41(44)52-39/h5-28,49-50H,1-4H3. The zero-order valence-electron chi connectivity index (χ0n) is 31.4. The summed E-state index contributed by atoms with van der Waals surface area (Å²) in [4.78, 5) is 45.9. The fraction of sp³-hybridized carbons (Fsp3) is 0.125. The summed E-state index contributed by atoms with van der Waals surface area (Å²) in [5.41, 5.74) is 10.1. The van der Waals surface area contributed by atoms with Crippen molar-refractivity contribution < 1.29 is 19.1 Å². The van der Waals surface area contributed by atoms with Crippen LogP contribution in [0.5, 0.6) is 0 Å². The van der Waals surface area contributed by atoms with Crippen LogP contribution < -0.4 is 0 Å². The number of nitrogens with zero attached hydrogens (tertiary/aromatic N) is 2. The Labute approximate surface area is 323 Å². The van der Waals surface area contributed by atoms with Gasteiger partial charge in [0, 0.05) is 51.2 Å². The van der Waals surface area contributed by atoms with Crippen LogP contribution in [0.25, 0.3) is 74.2 Å². The number of carbonyl (C=O) groups excluding carboxylic acids is 2. The molecule has 2 aliphatic heterocycles. The summed E-state index contributed by atoms with van der Waals surface area (Å²) in [6.45, 7) is 6.98. The number of esters is 1. The Bertz CT molecular complexity index is 2710. The van der Waals surface area contributed by atoms with Crippen LogP contribution in [0.4, 0.5) is 0 Å². The minimum atomic E-state index is -1.79. The van der Waals surface area contributed by atoms with Gasteiger partial charge in [0.1, 0.15) is 0 Å². The van der Waals surface area contributed by atoms with Crippen molar-refractivity contribution in [3.63, 3.8) is 0 Å². The Hall–Kier alpha value is -7.06. The largest absolute Gasteiger partial charge is 0.489 e. The molecule has 8 bridgehead atoms. The third-order valence-electron chi connectivity index (χ3n) is 10.2. The monoisotopic (exact) mass is 734 g/mol. The summed E-state index contributed by atoms with van der Waals surface area (Å²) >= 11 is 0. The van der Waals surface area contributed by atoms with Gasteiger partial charge in [-0.25, -0.2) is 9.97 Å². The molecular formula is C48H38N4O4. The van der Waals surface area contributed by atoms with Gasteiger partial charge in [-0.3, -0.25) is 9.59 Å². The second kappa shape index (κ2) is 13.7. The number of hydrogen-bond acceptors (Lipinski definition) is 6. The maximum Gasteiger partial charge on any atom is 0.304 e. The lowest BCUT2D eigenvalue weighted by molar-refractivity contribution is -0.169. The molecule has 2 N–H and O–H groups in total. The summed E-state index contributed by atoms with van der Waals surface area (Å²) in [6, 6.07) is 38.0. The number of ketones is 1. The van der Waals surface area contributed by atoms with Crippen molar-refractivity contribution >= 4 is 63.7 Å². The SMILES string of the molecule is CC(=O)OC1(c2ccccc2C)C(=O)C(c2c3nc(c(-c4ccccc4)c4ccc(cc5ccc([nH]5)c(-c5ccccc5)c5nc2C=C5)[nH]4)C=C3)=C1OC(C)C. The van der Waals surface area contributed by atoms with Gasteiger partial charge in [-0.2, -0.15) is 0 Å². The fourth-order valence-electron chi connectivity index (χ4n) is 7.89. The molecule has 0 saturated heterocycles. The molecular weight excluding hydrogens is 697 g/mol. The van der Waals surface area contributed by atoms with E-state index in [-0.39, 0.29) is 17.4 Å². The van der Waals surface area contributed by atoms with Gasteiger partial charge in [-0.15, -0.1) is 0 Å². The highest BCUT2D eigenvalue weighted by atomic mass is 16.6. The van der Waals surface area contributed by atoms with Gasteiger partial charge in [0.25, 0.3) is 5.60 Å². The summed E-state index contributed by atoms with van der Waals surface area (Å²) in [6.07, 6.45) is 7.41. The molecule has 9 rings (SSSR count). The molecule has 1 unspecified atom stereocenters. The number of aromatic nitrogens is 4. The predicted octanol–water partition coefficient (Wildman–Crippen LogP) is 10.5. The number of fused-ring (bicyclic) bond motifs is 8. The van der Waals surface area contributed by atoms with Gasteiger partial charge in [-0.1, -0.05) is 84.9 Å². The number of ether oxygens (including phenoxy) is 2. The van der Waals surface area contributed by atoms with Crippen LogP contribution in [0.3, 0.4) is 0 Å². The lowest BCUT2D eigenvalue weighted by atomic mass is 9.69. The smallest absolute Gasteiger partial charge is 0.304 e. The molecule has 3 aliphatic rings. The number of hydrogen-bond donors (Lipinski definition) is 2. The minimum Gasteiger partial charge on any atom is -0.489 e. The lowest BCUT2D eigenvalue weighted by Gasteiger charge is -2.43. The Kier molecular flexibility index (Phi) is 8.46. The Morgan fingerprint density at radius 3 is 1.61 bits per heavy atom. The molecule has 8 heteroatoms. The number of Topliss-reactive ketones (excluding diaryl/α,β-unsaturated/α-hetero) is 1. The molecule has 5 heterocycles. The molecule has 1 aliphatic carbocycles. The van der Waals surface area contributed by atoms with E-state index in [0.29, 0.717) is 33.9 Å². The van der Waals surface area contributed by atoms with Gasteiger partial charge in [0.15, 0.2) is 5.76 Å². The van der Waals surface area contributed by atoms with Gasteiger partial charge < -0.3 is 19.4 Å². The zero-order chi connectivity index (χ0) is 38.6. The molecule has 0 fully saturated rings. The van der Waals surface area contributed by atoms with Gasteiger partial charge >= 0.3 is 5.97 Å². The third kappa shape index (κ3) is 5.78. The number of nitrogens with one attached hydrogen (secondary N) is 2. The molecule has 1 atom stereocenters. The molecule has 6 aromatic rings. The van der Waals surface area contributed by atoms with Crippen molar-refractivity contribution in [2.45, 2.75) is 39.4 Å². The topological polar surface area (TPSA) is 110 Å². The average Bonchev–Trinajstić information content (AvgIpc) is 4.03. The van der Waals surface area contributed by atoms with Crippen LogP contribution in [0.2, 0.25) is 0 Å². The van der Waals surface area contributed by atoms with Crippen LogP contribution in [-0.2, 0) is 24.7 Å². The Morgan fingerprint density at radius 2 is 1.12 bits per heavy atom. The summed E-state index contributed by atoms with van der Waals surface area (Å²) in [5, 5.41) is 0. The molecule has 0 spiro atoms. The molecule has 0 amide bonds. The molecule has 0 radical (unpaired) electrons. The van der Waals surface area contributed by atoms with E-state index in [1.54, 1.807) is 0 Å². The molecule has 3 aromatic heterocycles. The van der Waals surface area contributed by atoms with E-state index in [0.717, 1.165) is 49.9 Å². The van der Waals surface area contributed by atoms with Crippen molar-refractivity contribution in [1.29, 1.82) is 0 Å². The number of aryl methyl sites for hydroxylation is 1. The van der Waals surface area contributed by atoms with Crippen molar-refractivity contribution in [3.8, 4) is 22.3 Å². The quantitative estimate of drug-likeness (QED) is 0.158. The lowest BCUT2D eigenvalue weighted by Crippen LogP contribution is -2.52. The number of carbonyl (C=O) groups is 2. The van der Waals surface area contributed by atoms with E-state index in [1.165, 1.54) is 6.92 Å². The van der Waals surface area contributed by atoms with Gasteiger partial charge in [0.05, 0.1) is 34.5 Å². The van der Waals surface area contributed by atoms with E-state index in [2.05, 4.69) is 64.6 Å². The van der Waals surface area contributed by atoms with E-state index < -0.39 is 17.4 Å². The fourth-order valence-corrected chi connectivity index (χ4v) is 7.89. The van der Waals surface area contributed by atoms with Crippen LogP contribution in [-0.4, -0.2) is 37.8 Å². The van der Waals surface area contributed by atoms with Crippen molar-refractivity contribution in [2.75, 3.05) is 0 Å². The van der Waals surface area contributed by atoms with Crippen molar-refractivity contribution in [2.24, 2.45) is 0 Å². The maximum absolute atomic E-state index is 15.2. The van der Waals surface area contributed by atoms with Crippen molar-refractivity contribution in [1.82, 2.24) is 19.9 Å². The second-order valence-electron chi connectivity index (χ2n) is 14.4. The van der Waals surface area contributed by atoms with Crippen LogP contribution in [0, 0.1) is 6.92 Å². The minimum absolute atomic E-state index is 0.249. The highest BCUT2D eigenvalue weighted by Crippen LogP contribution is 2.54. The molecule has 0 saturated carbocycles. The highest BCUT2D eigenvalue weighted by molar-refractivity contribution is 6.35. The first-order valence-corrected chi connectivity index (χ1v) is 18.7. The number of rotatable bonds is 7. The van der Waals surface area contributed by atoms with Crippen LogP contribution in [0.15, 0.2) is 121 Å². The zero-order valence-corrected chi connectivity index (χ0v) is 31.4. The molecule has 3 aromatic carbocycles. The van der Waals surface area contributed by atoms with E-state index in [4.69, 9.17) is 19.4 Å². The summed E-state index contributed by atoms with van der Waals surface area (Å²) in [5.74, 6) is -0.763. The Balaban J connectivity index is 1.45. The first-order chi connectivity index (χ1) is 27.2. The summed E-state index contributed by atoms with van der Waals surface area (Å²) in [7, 11) is 0.